The molecular formula is C17H31N3O2. The number of nitrogens with zero attached hydrogens (tertiary/aromatic N) is 2. The number of likely N-dealkylation sites (tertiary alicyclic amines) is 2. The van der Waals surface area contributed by atoms with Gasteiger partial charge in [0.15, 0.2) is 0 Å². The van der Waals surface area contributed by atoms with Crippen LogP contribution in [0.5, 0.6) is 0 Å². The first-order chi connectivity index (χ1) is 10.3. The van der Waals surface area contributed by atoms with Crippen molar-refractivity contribution in [2.45, 2.75) is 52.5 Å². The summed E-state index contributed by atoms with van der Waals surface area (Å²) in [5.74, 6) is 0.403. The Morgan fingerprint density at radius 1 is 1.14 bits per heavy atom. The SMILES string of the molecule is CNCC1CCCN1C(=O)C1CCCN(C(=O)C(C)(C)C)C1. The number of nitrogens with one attached hydrogen (secondary N) is 1. The first-order valence-corrected chi connectivity index (χ1v) is 8.59. The Labute approximate surface area is 134 Å². The summed E-state index contributed by atoms with van der Waals surface area (Å²) in [6.45, 7) is 8.97. The molecule has 5 heteroatoms. The molecule has 2 aliphatic rings. The molecule has 0 aromatic heterocycles. The lowest BCUT2D eigenvalue weighted by Gasteiger charge is -2.38. The Morgan fingerprint density at radius 2 is 1.82 bits per heavy atom. The largest absolute Gasteiger partial charge is 0.341 e. The maximum absolute atomic E-state index is 12.9. The van der Waals surface area contributed by atoms with Crippen LogP contribution in [0.2, 0.25) is 0 Å². The fourth-order valence-electron chi connectivity index (χ4n) is 3.65. The van der Waals surface area contributed by atoms with Gasteiger partial charge in [-0.1, -0.05) is 20.8 Å². The normalized spacial score (nSPS) is 26.4. The smallest absolute Gasteiger partial charge is 0.227 e. The monoisotopic (exact) mass is 309 g/mol. The molecule has 2 saturated heterocycles. The van der Waals surface area contributed by atoms with Crippen LogP contribution in [0.15, 0.2) is 0 Å². The zero-order valence-corrected chi connectivity index (χ0v) is 14.5. The van der Waals surface area contributed by atoms with E-state index < -0.39 is 0 Å². The number of carbonyl (C=O) groups is 2. The van der Waals surface area contributed by atoms with Crippen molar-refractivity contribution in [3.63, 3.8) is 0 Å². The molecule has 0 aromatic rings. The Balaban J connectivity index is 2.00. The van der Waals surface area contributed by atoms with Gasteiger partial charge in [0.2, 0.25) is 11.8 Å². The quantitative estimate of drug-likeness (QED) is 0.859. The lowest BCUT2D eigenvalue weighted by Crippen LogP contribution is -2.51. The van der Waals surface area contributed by atoms with Crippen molar-refractivity contribution in [2.75, 3.05) is 33.2 Å². The molecular weight excluding hydrogens is 278 g/mol. The molecule has 0 aliphatic carbocycles. The maximum atomic E-state index is 12.9. The fourth-order valence-corrected chi connectivity index (χ4v) is 3.65. The standard InChI is InChI=1S/C17H31N3O2/c1-17(2,3)16(22)19-9-5-7-13(12-19)15(21)20-10-6-8-14(20)11-18-4/h13-14,18H,5-12H2,1-4H3. The Hall–Kier alpha value is -1.10. The molecule has 2 amide bonds. The maximum Gasteiger partial charge on any atom is 0.227 e. The Bertz CT molecular complexity index is 417. The molecule has 2 aliphatic heterocycles. The summed E-state index contributed by atoms with van der Waals surface area (Å²) >= 11 is 0. The van der Waals surface area contributed by atoms with E-state index in [1.165, 1.54) is 0 Å². The third kappa shape index (κ3) is 3.80. The molecule has 0 spiro atoms. The molecule has 22 heavy (non-hydrogen) atoms. The molecule has 2 unspecified atom stereocenters. The summed E-state index contributed by atoms with van der Waals surface area (Å²) in [5, 5.41) is 3.19. The van der Waals surface area contributed by atoms with Crippen molar-refractivity contribution in [3.05, 3.63) is 0 Å². The number of hydrogen-bond acceptors (Lipinski definition) is 3. The second-order valence-electron chi connectivity index (χ2n) is 7.73. The molecule has 2 rings (SSSR count). The molecule has 2 fully saturated rings. The average Bonchev–Trinajstić information content (AvgIpc) is 2.93. The van der Waals surface area contributed by atoms with Gasteiger partial charge < -0.3 is 15.1 Å². The Kier molecular flexibility index (Phi) is 5.48. The van der Waals surface area contributed by atoms with Crippen LogP contribution in [0.4, 0.5) is 0 Å². The zero-order valence-electron chi connectivity index (χ0n) is 14.5. The van der Waals surface area contributed by atoms with E-state index in [1.54, 1.807) is 0 Å². The highest BCUT2D eigenvalue weighted by atomic mass is 16.2. The first-order valence-electron chi connectivity index (χ1n) is 8.59. The van der Waals surface area contributed by atoms with Gasteiger partial charge in [-0.2, -0.15) is 0 Å². The van der Waals surface area contributed by atoms with Gasteiger partial charge >= 0.3 is 0 Å². The number of likely N-dealkylation sites (N-methyl/N-ethyl adjacent to an activating group) is 1. The van der Waals surface area contributed by atoms with Gasteiger partial charge in [-0.05, 0) is 32.7 Å². The molecule has 0 saturated carbocycles. The van der Waals surface area contributed by atoms with E-state index in [4.69, 9.17) is 0 Å². The molecule has 0 radical (unpaired) electrons. The van der Waals surface area contributed by atoms with Crippen molar-refractivity contribution in [1.29, 1.82) is 0 Å². The van der Waals surface area contributed by atoms with E-state index in [-0.39, 0.29) is 23.1 Å². The summed E-state index contributed by atoms with van der Waals surface area (Å²) < 4.78 is 0. The number of amides is 2. The highest BCUT2D eigenvalue weighted by molar-refractivity contribution is 5.84. The van der Waals surface area contributed by atoms with Crippen LogP contribution in [-0.2, 0) is 9.59 Å². The van der Waals surface area contributed by atoms with E-state index in [0.717, 1.165) is 45.3 Å². The number of piperidine rings is 1. The second-order valence-corrected chi connectivity index (χ2v) is 7.73. The summed E-state index contributed by atoms with van der Waals surface area (Å²) in [4.78, 5) is 29.3. The minimum absolute atomic E-state index is 0.0162. The predicted molar refractivity (Wildman–Crippen MR) is 87.4 cm³/mol. The minimum atomic E-state index is -0.368. The summed E-state index contributed by atoms with van der Waals surface area (Å²) in [6.07, 6.45) is 4.03. The second kappa shape index (κ2) is 6.99. The number of rotatable bonds is 3. The predicted octanol–water partition coefficient (Wildman–Crippen LogP) is 1.48. The number of hydrogen-bond donors (Lipinski definition) is 1. The molecule has 1 N–H and O–H groups in total. The fraction of sp³-hybridized carbons (Fsp3) is 0.882. The molecule has 2 heterocycles. The highest BCUT2D eigenvalue weighted by Crippen LogP contribution is 2.27. The van der Waals surface area contributed by atoms with Crippen molar-refractivity contribution in [3.8, 4) is 0 Å². The van der Waals surface area contributed by atoms with Crippen LogP contribution in [0.1, 0.15) is 46.5 Å². The lowest BCUT2D eigenvalue weighted by molar-refractivity contribution is -0.145. The van der Waals surface area contributed by atoms with Gasteiger partial charge in [0.05, 0.1) is 5.92 Å². The average molecular weight is 309 g/mol. The van der Waals surface area contributed by atoms with Crippen molar-refractivity contribution in [2.24, 2.45) is 11.3 Å². The third-order valence-corrected chi connectivity index (χ3v) is 4.80. The van der Waals surface area contributed by atoms with Crippen LogP contribution in [-0.4, -0.2) is 60.9 Å². The molecule has 5 nitrogen and oxygen atoms in total. The summed E-state index contributed by atoms with van der Waals surface area (Å²) in [5.41, 5.74) is -0.368. The van der Waals surface area contributed by atoms with Crippen molar-refractivity contribution in [1.82, 2.24) is 15.1 Å². The minimum Gasteiger partial charge on any atom is -0.341 e. The van der Waals surface area contributed by atoms with Gasteiger partial charge in [-0.3, -0.25) is 9.59 Å². The topological polar surface area (TPSA) is 52.7 Å². The molecule has 0 aromatic carbocycles. The molecule has 126 valence electrons. The van der Waals surface area contributed by atoms with E-state index >= 15 is 0 Å². The zero-order chi connectivity index (χ0) is 16.3. The van der Waals surface area contributed by atoms with Gasteiger partial charge in [-0.25, -0.2) is 0 Å². The van der Waals surface area contributed by atoms with E-state index in [2.05, 4.69) is 5.32 Å². The van der Waals surface area contributed by atoms with Crippen LogP contribution < -0.4 is 5.32 Å². The summed E-state index contributed by atoms with van der Waals surface area (Å²) in [6, 6.07) is 0.325. The first kappa shape index (κ1) is 17.3. The van der Waals surface area contributed by atoms with Crippen molar-refractivity contribution < 1.29 is 9.59 Å². The van der Waals surface area contributed by atoms with Crippen LogP contribution in [0, 0.1) is 11.3 Å². The van der Waals surface area contributed by atoms with Gasteiger partial charge in [0.25, 0.3) is 0 Å². The molecule has 0 bridgehead atoms. The van der Waals surface area contributed by atoms with Gasteiger partial charge in [0, 0.05) is 37.6 Å². The van der Waals surface area contributed by atoms with Crippen LogP contribution >= 0.6 is 0 Å². The summed E-state index contributed by atoms with van der Waals surface area (Å²) in [7, 11) is 1.94. The van der Waals surface area contributed by atoms with Gasteiger partial charge in [0.1, 0.15) is 0 Å². The number of carbonyl (C=O) groups excluding carboxylic acids is 2. The highest BCUT2D eigenvalue weighted by Gasteiger charge is 2.37. The van der Waals surface area contributed by atoms with E-state index in [0.29, 0.717) is 12.6 Å². The third-order valence-electron chi connectivity index (χ3n) is 4.80. The van der Waals surface area contributed by atoms with E-state index in [9.17, 15) is 9.59 Å². The van der Waals surface area contributed by atoms with E-state index in [1.807, 2.05) is 37.6 Å². The van der Waals surface area contributed by atoms with Crippen LogP contribution in [0.3, 0.4) is 0 Å². The van der Waals surface area contributed by atoms with Crippen molar-refractivity contribution >= 4 is 11.8 Å². The van der Waals surface area contributed by atoms with Gasteiger partial charge in [-0.15, -0.1) is 0 Å². The lowest BCUT2D eigenvalue weighted by atomic mass is 9.90. The Morgan fingerprint density at radius 3 is 2.45 bits per heavy atom. The van der Waals surface area contributed by atoms with Crippen LogP contribution in [0.25, 0.3) is 0 Å². The molecule has 2 atom stereocenters.